The predicted molar refractivity (Wildman–Crippen MR) is 127 cm³/mol. The second-order valence-corrected chi connectivity index (χ2v) is 8.02. The summed E-state index contributed by atoms with van der Waals surface area (Å²) < 4.78 is 7.33. The van der Waals surface area contributed by atoms with Crippen molar-refractivity contribution in [2.45, 2.75) is 25.9 Å². The predicted octanol–water partition coefficient (Wildman–Crippen LogP) is 2.09. The van der Waals surface area contributed by atoms with Crippen molar-refractivity contribution < 1.29 is 14.6 Å². The Labute approximate surface area is 198 Å². The van der Waals surface area contributed by atoms with Crippen LogP contribution in [-0.2, 0) is 4.79 Å². The normalized spacial score (nSPS) is 14.5. The number of piperazine rings is 1. The molecule has 1 unspecified atom stereocenters. The summed E-state index contributed by atoms with van der Waals surface area (Å²) in [6, 6.07) is 8.00. The second-order valence-electron chi connectivity index (χ2n) is 8.02. The van der Waals surface area contributed by atoms with E-state index >= 15 is 0 Å². The maximum absolute atomic E-state index is 12.4. The maximum atomic E-state index is 12.4. The van der Waals surface area contributed by atoms with Crippen molar-refractivity contribution in [3.8, 4) is 35.3 Å². The van der Waals surface area contributed by atoms with E-state index in [1.807, 2.05) is 25.1 Å². The number of hydrogen-bond acceptors (Lipinski definition) is 7. The number of carbonyl (C=O) groups excluding carboxylic acids is 1. The number of fused-ring (bicyclic) bond motifs is 1. The molecule has 4 heterocycles. The number of aliphatic hydroxyl groups excluding tert-OH is 1. The van der Waals surface area contributed by atoms with E-state index in [9.17, 15) is 15.2 Å². The number of pyridine rings is 2. The molecule has 3 aromatic rings. The first-order valence-electron chi connectivity index (χ1n) is 11.2. The topological polar surface area (TPSA) is 107 Å². The fraction of sp³-hybridized carbons (Fsp3) is 0.360. The third-order valence-electron chi connectivity index (χ3n) is 5.80. The molecule has 4 rings (SSSR count). The van der Waals surface area contributed by atoms with E-state index in [-0.39, 0.29) is 18.7 Å². The lowest BCUT2D eigenvalue weighted by Gasteiger charge is -2.35. The quantitative estimate of drug-likeness (QED) is 0.540. The lowest BCUT2D eigenvalue weighted by Crippen LogP contribution is -2.49. The Morgan fingerprint density at radius 1 is 1.29 bits per heavy atom. The highest BCUT2D eigenvalue weighted by Gasteiger charge is 2.23. The van der Waals surface area contributed by atoms with E-state index in [2.05, 4.69) is 27.0 Å². The molecule has 1 N–H and O–H groups in total. The highest BCUT2D eigenvalue weighted by atomic mass is 16.5. The van der Waals surface area contributed by atoms with Crippen molar-refractivity contribution in [2.24, 2.45) is 0 Å². The lowest BCUT2D eigenvalue weighted by molar-refractivity contribution is -0.133. The Hall–Kier alpha value is -4.08. The van der Waals surface area contributed by atoms with Gasteiger partial charge in [-0.3, -0.25) is 4.79 Å². The Balaban J connectivity index is 1.49. The standard InChI is InChI=1S/C25H26N6O3/c1-3-5-20(32)12-24(33)30-10-8-29(9-11-30)23-7-6-18(15-27-23)22-13-21(34-4-2)17-31-25(22)19(14-26)16-28-31/h1,6-7,13,15-17,20,32H,4-5,8-12H2,2H3. The Bertz CT molecular complexity index is 1250. The van der Waals surface area contributed by atoms with Gasteiger partial charge < -0.3 is 19.6 Å². The molecule has 34 heavy (non-hydrogen) atoms. The van der Waals surface area contributed by atoms with E-state index in [1.165, 1.54) is 0 Å². The fourth-order valence-corrected chi connectivity index (χ4v) is 4.10. The molecule has 0 bridgehead atoms. The zero-order valence-corrected chi connectivity index (χ0v) is 19.0. The highest BCUT2D eigenvalue weighted by Crippen LogP contribution is 2.31. The number of rotatable bonds is 7. The summed E-state index contributed by atoms with van der Waals surface area (Å²) in [5.74, 6) is 3.77. The van der Waals surface area contributed by atoms with Gasteiger partial charge in [0.1, 0.15) is 17.6 Å². The minimum atomic E-state index is -0.797. The van der Waals surface area contributed by atoms with Gasteiger partial charge in [0.15, 0.2) is 0 Å². The molecule has 0 aromatic carbocycles. The number of ether oxygens (including phenoxy) is 1. The molecule has 1 aliphatic heterocycles. The van der Waals surface area contributed by atoms with Gasteiger partial charge in [0.05, 0.1) is 42.6 Å². The number of aliphatic hydroxyl groups is 1. The molecule has 1 saturated heterocycles. The van der Waals surface area contributed by atoms with E-state index < -0.39 is 6.10 Å². The maximum Gasteiger partial charge on any atom is 0.225 e. The van der Waals surface area contributed by atoms with Crippen molar-refractivity contribution >= 4 is 17.2 Å². The highest BCUT2D eigenvalue weighted by molar-refractivity contribution is 5.85. The first-order valence-corrected chi connectivity index (χ1v) is 11.2. The molecule has 1 atom stereocenters. The number of aromatic nitrogens is 3. The molecule has 0 radical (unpaired) electrons. The monoisotopic (exact) mass is 458 g/mol. The van der Waals surface area contributed by atoms with Crippen LogP contribution in [0.3, 0.4) is 0 Å². The van der Waals surface area contributed by atoms with Crippen LogP contribution in [0.4, 0.5) is 5.82 Å². The third kappa shape index (κ3) is 4.80. The molecule has 0 saturated carbocycles. The molecule has 1 aliphatic rings. The molecule has 0 spiro atoms. The minimum absolute atomic E-state index is 0.0473. The Morgan fingerprint density at radius 3 is 2.74 bits per heavy atom. The summed E-state index contributed by atoms with van der Waals surface area (Å²) in [6.07, 6.45) is 9.71. The van der Waals surface area contributed by atoms with Crippen LogP contribution in [0.5, 0.6) is 5.75 Å². The van der Waals surface area contributed by atoms with Gasteiger partial charge in [-0.15, -0.1) is 12.3 Å². The van der Waals surface area contributed by atoms with Crippen LogP contribution in [0.25, 0.3) is 16.6 Å². The van der Waals surface area contributed by atoms with Crippen LogP contribution >= 0.6 is 0 Å². The minimum Gasteiger partial charge on any atom is -0.492 e. The first kappa shape index (κ1) is 23.1. The Morgan fingerprint density at radius 2 is 2.09 bits per heavy atom. The van der Waals surface area contributed by atoms with Crippen molar-refractivity contribution in [3.63, 3.8) is 0 Å². The molecule has 174 valence electrons. The fourth-order valence-electron chi connectivity index (χ4n) is 4.10. The van der Waals surface area contributed by atoms with Gasteiger partial charge >= 0.3 is 0 Å². The number of carbonyl (C=O) groups is 1. The lowest BCUT2D eigenvalue weighted by atomic mass is 10.1. The third-order valence-corrected chi connectivity index (χ3v) is 5.80. The molecule has 3 aromatic heterocycles. The largest absolute Gasteiger partial charge is 0.492 e. The SMILES string of the molecule is C#CCC(O)CC(=O)N1CCN(c2ccc(-c3cc(OCC)cn4ncc(C#N)c34)cn2)CC1. The van der Waals surface area contributed by atoms with Gasteiger partial charge in [-0.05, 0) is 25.1 Å². The van der Waals surface area contributed by atoms with Gasteiger partial charge in [-0.25, -0.2) is 9.50 Å². The number of hydrogen-bond donors (Lipinski definition) is 1. The summed E-state index contributed by atoms with van der Waals surface area (Å²) in [4.78, 5) is 20.9. The van der Waals surface area contributed by atoms with E-state index in [1.54, 1.807) is 28.0 Å². The van der Waals surface area contributed by atoms with E-state index in [4.69, 9.17) is 11.2 Å². The van der Waals surface area contributed by atoms with Crippen LogP contribution in [0.2, 0.25) is 0 Å². The van der Waals surface area contributed by atoms with E-state index in [0.29, 0.717) is 49.6 Å². The number of nitrogens with zero attached hydrogens (tertiary/aromatic N) is 6. The van der Waals surface area contributed by atoms with Crippen LogP contribution in [0, 0.1) is 23.7 Å². The first-order chi connectivity index (χ1) is 16.5. The molecule has 1 fully saturated rings. The molecular formula is C25H26N6O3. The summed E-state index contributed by atoms with van der Waals surface area (Å²) in [5, 5.41) is 23.6. The molecule has 9 heteroatoms. The zero-order chi connectivity index (χ0) is 24.1. The van der Waals surface area contributed by atoms with Crippen molar-refractivity contribution in [3.05, 3.63) is 42.4 Å². The Kier molecular flexibility index (Phi) is 6.95. The van der Waals surface area contributed by atoms with Crippen molar-refractivity contribution in [1.82, 2.24) is 19.5 Å². The summed E-state index contributed by atoms with van der Waals surface area (Å²) in [6.45, 7) is 4.85. The smallest absolute Gasteiger partial charge is 0.225 e. The molecular weight excluding hydrogens is 432 g/mol. The van der Waals surface area contributed by atoms with Gasteiger partial charge in [-0.1, -0.05) is 0 Å². The molecule has 0 aliphatic carbocycles. The average molecular weight is 459 g/mol. The van der Waals surface area contributed by atoms with Crippen LogP contribution in [0.1, 0.15) is 25.3 Å². The summed E-state index contributed by atoms with van der Waals surface area (Å²) in [7, 11) is 0. The number of terminal acetylenes is 1. The number of amides is 1. The summed E-state index contributed by atoms with van der Waals surface area (Å²) in [5.41, 5.74) is 2.86. The second kappa shape index (κ2) is 10.2. The van der Waals surface area contributed by atoms with Crippen molar-refractivity contribution in [1.29, 1.82) is 5.26 Å². The van der Waals surface area contributed by atoms with Crippen LogP contribution in [0.15, 0.2) is 36.8 Å². The number of nitriles is 1. The van der Waals surface area contributed by atoms with Gasteiger partial charge in [-0.2, -0.15) is 10.4 Å². The zero-order valence-electron chi connectivity index (χ0n) is 19.0. The van der Waals surface area contributed by atoms with Crippen LogP contribution < -0.4 is 9.64 Å². The van der Waals surface area contributed by atoms with Crippen LogP contribution in [-0.4, -0.2) is 69.4 Å². The van der Waals surface area contributed by atoms with Crippen molar-refractivity contribution in [2.75, 3.05) is 37.7 Å². The molecule has 1 amide bonds. The van der Waals surface area contributed by atoms with Gasteiger partial charge in [0.2, 0.25) is 5.91 Å². The average Bonchev–Trinajstić information content (AvgIpc) is 3.27. The van der Waals surface area contributed by atoms with E-state index in [0.717, 1.165) is 16.9 Å². The number of anilines is 1. The molecule has 9 nitrogen and oxygen atoms in total. The van der Waals surface area contributed by atoms with Gasteiger partial charge in [0, 0.05) is 49.9 Å². The van der Waals surface area contributed by atoms with Gasteiger partial charge in [0.25, 0.3) is 0 Å². The summed E-state index contributed by atoms with van der Waals surface area (Å²) >= 11 is 0.